The van der Waals surface area contributed by atoms with Crippen LogP contribution in [0.1, 0.15) is 57.5 Å². The van der Waals surface area contributed by atoms with E-state index in [9.17, 15) is 9.59 Å². The number of rotatable bonds is 6. The first-order chi connectivity index (χ1) is 15.7. The number of aryl methyl sites for hydroxylation is 1. The summed E-state index contributed by atoms with van der Waals surface area (Å²) in [4.78, 5) is 24.2. The van der Waals surface area contributed by atoms with E-state index in [-0.39, 0.29) is 11.8 Å². The van der Waals surface area contributed by atoms with Gasteiger partial charge in [0.25, 0.3) is 5.91 Å². The van der Waals surface area contributed by atoms with Crippen molar-refractivity contribution in [3.63, 3.8) is 0 Å². The summed E-state index contributed by atoms with van der Waals surface area (Å²) in [5.41, 5.74) is 3.35. The molecule has 7 nitrogen and oxygen atoms in total. The Labute approximate surface area is 196 Å². The molecule has 0 saturated heterocycles. The average molecular weight is 466 g/mol. The number of ether oxygens (including phenoxy) is 1. The van der Waals surface area contributed by atoms with Crippen LogP contribution in [0.3, 0.4) is 0 Å². The zero-order valence-electron chi connectivity index (χ0n) is 18.8. The summed E-state index contributed by atoms with van der Waals surface area (Å²) in [6, 6.07) is 13.8. The average Bonchev–Trinajstić information content (AvgIpc) is 3.36. The number of furan rings is 1. The van der Waals surface area contributed by atoms with Gasteiger partial charge in [0.1, 0.15) is 11.3 Å². The molecule has 4 aromatic rings. The van der Waals surface area contributed by atoms with Gasteiger partial charge in [0.15, 0.2) is 5.82 Å². The predicted molar refractivity (Wildman–Crippen MR) is 127 cm³/mol. The molecule has 170 valence electrons. The summed E-state index contributed by atoms with van der Waals surface area (Å²) >= 11 is 6.34. The molecule has 1 amide bonds. The number of esters is 1. The third-order valence-electron chi connectivity index (χ3n) is 5.36. The van der Waals surface area contributed by atoms with Gasteiger partial charge >= 0.3 is 5.97 Å². The second-order valence-corrected chi connectivity index (χ2v) is 8.57. The first-order valence-corrected chi connectivity index (χ1v) is 10.9. The van der Waals surface area contributed by atoms with E-state index in [2.05, 4.69) is 29.0 Å². The van der Waals surface area contributed by atoms with Crippen LogP contribution >= 0.6 is 11.6 Å². The van der Waals surface area contributed by atoms with E-state index in [1.807, 2.05) is 25.1 Å². The Bertz CT molecular complexity index is 1340. The minimum atomic E-state index is -0.455. The second-order valence-electron chi connectivity index (χ2n) is 8.14. The Morgan fingerprint density at radius 1 is 1.12 bits per heavy atom. The first-order valence-electron chi connectivity index (χ1n) is 10.5. The topological polar surface area (TPSA) is 86.4 Å². The molecule has 0 aliphatic rings. The van der Waals surface area contributed by atoms with Crippen molar-refractivity contribution in [2.75, 3.05) is 12.4 Å². The van der Waals surface area contributed by atoms with Gasteiger partial charge < -0.3 is 14.5 Å². The molecule has 1 N–H and O–H groups in total. The number of halogens is 1. The minimum Gasteiger partial charge on any atom is -0.465 e. The van der Waals surface area contributed by atoms with Crippen LogP contribution in [0.5, 0.6) is 0 Å². The largest absolute Gasteiger partial charge is 0.465 e. The van der Waals surface area contributed by atoms with Crippen LogP contribution in [0, 0.1) is 6.92 Å². The fourth-order valence-electron chi connectivity index (χ4n) is 3.56. The predicted octanol–water partition coefficient (Wildman–Crippen LogP) is 5.80. The van der Waals surface area contributed by atoms with Crippen LogP contribution in [0.4, 0.5) is 5.82 Å². The molecule has 0 spiro atoms. The third-order valence-corrected chi connectivity index (χ3v) is 5.58. The molecule has 2 aromatic carbocycles. The Balaban J connectivity index is 1.54. The lowest BCUT2D eigenvalue weighted by atomic mass is 10.1. The molecule has 0 radical (unpaired) electrons. The van der Waals surface area contributed by atoms with Crippen molar-refractivity contribution in [1.29, 1.82) is 0 Å². The van der Waals surface area contributed by atoms with Gasteiger partial charge in [0.2, 0.25) is 0 Å². The number of fused-ring (bicyclic) bond motifs is 1. The van der Waals surface area contributed by atoms with Crippen LogP contribution in [0.15, 0.2) is 52.9 Å². The van der Waals surface area contributed by atoms with Crippen molar-refractivity contribution in [3.05, 3.63) is 81.7 Å². The smallest absolute Gasteiger partial charge is 0.337 e. The molecule has 0 fully saturated rings. The van der Waals surface area contributed by atoms with Gasteiger partial charge in [-0.2, -0.15) is 5.10 Å². The van der Waals surface area contributed by atoms with Crippen molar-refractivity contribution >= 4 is 40.3 Å². The van der Waals surface area contributed by atoms with Crippen LogP contribution in [-0.2, 0) is 11.3 Å². The maximum absolute atomic E-state index is 12.6. The summed E-state index contributed by atoms with van der Waals surface area (Å²) in [5.74, 6) is 0.809. The maximum Gasteiger partial charge on any atom is 0.337 e. The van der Waals surface area contributed by atoms with E-state index in [4.69, 9.17) is 16.0 Å². The molecule has 2 aromatic heterocycles. The van der Waals surface area contributed by atoms with Crippen molar-refractivity contribution in [3.8, 4) is 0 Å². The van der Waals surface area contributed by atoms with Gasteiger partial charge in [-0.3, -0.25) is 9.48 Å². The molecule has 0 saturated carbocycles. The number of benzene rings is 2. The number of methoxy groups -OCH3 is 1. The zero-order chi connectivity index (χ0) is 23.7. The van der Waals surface area contributed by atoms with E-state index in [0.717, 1.165) is 28.0 Å². The van der Waals surface area contributed by atoms with Crippen LogP contribution in [0.25, 0.3) is 11.0 Å². The molecule has 8 heteroatoms. The fourth-order valence-corrected chi connectivity index (χ4v) is 3.81. The lowest BCUT2D eigenvalue weighted by Gasteiger charge is -2.07. The highest BCUT2D eigenvalue weighted by Crippen LogP contribution is 2.31. The summed E-state index contributed by atoms with van der Waals surface area (Å²) in [6.07, 6.45) is 0. The fraction of sp³-hybridized carbons (Fsp3) is 0.240. The van der Waals surface area contributed by atoms with Gasteiger partial charge in [-0.1, -0.05) is 25.4 Å². The lowest BCUT2D eigenvalue weighted by Crippen LogP contribution is -2.13. The summed E-state index contributed by atoms with van der Waals surface area (Å²) in [7, 11) is 1.31. The molecule has 0 bridgehead atoms. The Morgan fingerprint density at radius 2 is 1.82 bits per heavy atom. The molecule has 33 heavy (non-hydrogen) atoms. The number of anilines is 1. The van der Waals surface area contributed by atoms with Gasteiger partial charge in [0.05, 0.1) is 19.2 Å². The number of hydrogen-bond acceptors (Lipinski definition) is 5. The molecule has 2 heterocycles. The number of amides is 1. The monoisotopic (exact) mass is 465 g/mol. The highest BCUT2D eigenvalue weighted by atomic mass is 35.5. The number of carbonyl (C=O) groups is 2. The second kappa shape index (κ2) is 9.11. The zero-order valence-corrected chi connectivity index (χ0v) is 19.6. The molecule has 4 rings (SSSR count). The van der Waals surface area contributed by atoms with E-state index in [1.165, 1.54) is 7.11 Å². The summed E-state index contributed by atoms with van der Waals surface area (Å²) in [5, 5.41) is 8.91. The Morgan fingerprint density at radius 3 is 2.48 bits per heavy atom. The molecule has 0 unspecified atom stereocenters. The normalized spacial score (nSPS) is 11.2. The maximum atomic E-state index is 12.6. The van der Waals surface area contributed by atoms with Crippen LogP contribution in [-0.4, -0.2) is 28.8 Å². The van der Waals surface area contributed by atoms with E-state index in [0.29, 0.717) is 28.5 Å². The van der Waals surface area contributed by atoms with Crippen LogP contribution in [0.2, 0.25) is 5.02 Å². The Hall–Kier alpha value is -3.58. The highest BCUT2D eigenvalue weighted by molar-refractivity contribution is 6.31. The standard InChI is InChI=1S/C25H24ClN3O4/c1-14(2)21-12-18-10-20(26)11-19(23(18)33-21)13-29-15(3)9-22(28-29)27-24(30)16-5-7-17(8-6-16)25(31)32-4/h5-12,14H,13H2,1-4H3,(H,27,28,30). The van der Waals surface area contributed by atoms with Gasteiger partial charge in [-0.15, -0.1) is 0 Å². The lowest BCUT2D eigenvalue weighted by molar-refractivity contribution is 0.0600. The van der Waals surface area contributed by atoms with Crippen molar-refractivity contribution < 1.29 is 18.7 Å². The quantitative estimate of drug-likeness (QED) is 0.363. The van der Waals surface area contributed by atoms with Gasteiger partial charge in [-0.25, -0.2) is 4.79 Å². The number of nitrogens with one attached hydrogen (secondary N) is 1. The van der Waals surface area contributed by atoms with Crippen LogP contribution < -0.4 is 5.32 Å². The summed E-state index contributed by atoms with van der Waals surface area (Å²) in [6.45, 7) is 6.51. The summed E-state index contributed by atoms with van der Waals surface area (Å²) < 4.78 is 12.6. The van der Waals surface area contributed by atoms with E-state index in [1.54, 1.807) is 35.0 Å². The number of aromatic nitrogens is 2. The molecule has 0 aliphatic heterocycles. The number of carbonyl (C=O) groups excluding carboxylic acids is 2. The molecular formula is C25H24ClN3O4. The molecule has 0 atom stereocenters. The molecule has 0 aliphatic carbocycles. The minimum absolute atomic E-state index is 0.263. The Kier molecular flexibility index (Phi) is 6.24. The molecular weight excluding hydrogens is 442 g/mol. The van der Waals surface area contributed by atoms with E-state index < -0.39 is 5.97 Å². The SMILES string of the molecule is COC(=O)c1ccc(C(=O)Nc2cc(C)n(Cc3cc(Cl)cc4cc(C(C)C)oc34)n2)cc1. The van der Waals surface area contributed by atoms with Gasteiger partial charge in [-0.05, 0) is 49.4 Å². The third kappa shape index (κ3) is 4.78. The number of hydrogen-bond donors (Lipinski definition) is 1. The highest BCUT2D eigenvalue weighted by Gasteiger charge is 2.16. The number of nitrogens with zero attached hydrogens (tertiary/aromatic N) is 2. The van der Waals surface area contributed by atoms with Crippen molar-refractivity contribution in [2.24, 2.45) is 0 Å². The van der Waals surface area contributed by atoms with Crippen molar-refractivity contribution in [1.82, 2.24) is 9.78 Å². The van der Waals surface area contributed by atoms with Crippen molar-refractivity contribution in [2.45, 2.75) is 33.2 Å². The first kappa shape index (κ1) is 22.6. The van der Waals surface area contributed by atoms with E-state index >= 15 is 0 Å². The van der Waals surface area contributed by atoms with Gasteiger partial charge in [0, 0.05) is 39.2 Å².